The highest BCUT2D eigenvalue weighted by Gasteiger charge is 2.25. The van der Waals surface area contributed by atoms with Gasteiger partial charge >= 0.3 is 5.97 Å². The Morgan fingerprint density at radius 2 is 2.43 bits per heavy atom. The summed E-state index contributed by atoms with van der Waals surface area (Å²) in [5.41, 5.74) is 0. The van der Waals surface area contributed by atoms with Crippen LogP contribution in [0, 0.1) is 5.92 Å². The molecule has 1 rings (SSSR count). The van der Waals surface area contributed by atoms with Crippen LogP contribution in [0.15, 0.2) is 0 Å². The quantitative estimate of drug-likeness (QED) is 0.731. The first-order valence-electron chi connectivity index (χ1n) is 5.11. The van der Waals surface area contributed by atoms with Gasteiger partial charge in [0.1, 0.15) is 0 Å². The van der Waals surface area contributed by atoms with Crippen LogP contribution in [0.1, 0.15) is 19.8 Å². The Bertz CT molecular complexity index is 196. The third-order valence-corrected chi connectivity index (χ3v) is 2.77. The molecule has 0 saturated carbocycles. The van der Waals surface area contributed by atoms with Crippen molar-refractivity contribution in [1.29, 1.82) is 0 Å². The number of rotatable bonds is 4. The number of likely N-dealkylation sites (tertiary alicyclic amines) is 1. The largest absolute Gasteiger partial charge is 0.481 e. The molecule has 0 radical (unpaired) electrons. The highest BCUT2D eigenvalue weighted by atomic mass is 16.5. The summed E-state index contributed by atoms with van der Waals surface area (Å²) in [7, 11) is 1.68. The molecular formula is C10H19NO3. The maximum atomic E-state index is 10.8. The summed E-state index contributed by atoms with van der Waals surface area (Å²) in [5.74, 6) is -0.854. The van der Waals surface area contributed by atoms with Crippen LogP contribution in [0.5, 0.6) is 0 Å². The van der Waals surface area contributed by atoms with Gasteiger partial charge in [0.2, 0.25) is 0 Å². The predicted molar refractivity (Wildman–Crippen MR) is 53.3 cm³/mol. The number of hydrogen-bond acceptors (Lipinski definition) is 3. The molecular weight excluding hydrogens is 182 g/mol. The Labute approximate surface area is 84.8 Å². The van der Waals surface area contributed by atoms with E-state index in [-0.39, 0.29) is 12.0 Å². The van der Waals surface area contributed by atoms with E-state index in [9.17, 15) is 4.79 Å². The lowest BCUT2D eigenvalue weighted by molar-refractivity contribution is -0.143. The Balaban J connectivity index is 2.36. The molecule has 2 atom stereocenters. The number of aliphatic carboxylic acids is 1. The summed E-state index contributed by atoms with van der Waals surface area (Å²) in [5, 5.41) is 8.89. The van der Waals surface area contributed by atoms with Crippen LogP contribution in [-0.2, 0) is 9.53 Å². The van der Waals surface area contributed by atoms with Crippen LogP contribution in [-0.4, -0.2) is 48.8 Å². The second kappa shape index (κ2) is 5.32. The molecule has 1 heterocycles. The molecule has 4 nitrogen and oxygen atoms in total. The van der Waals surface area contributed by atoms with Gasteiger partial charge in [-0.1, -0.05) is 0 Å². The zero-order chi connectivity index (χ0) is 10.6. The van der Waals surface area contributed by atoms with E-state index in [1.165, 1.54) is 0 Å². The number of piperidine rings is 1. The van der Waals surface area contributed by atoms with E-state index in [0.717, 1.165) is 25.9 Å². The molecule has 1 fully saturated rings. The number of nitrogens with zero attached hydrogens (tertiary/aromatic N) is 1. The Morgan fingerprint density at radius 1 is 1.71 bits per heavy atom. The first kappa shape index (κ1) is 11.5. The smallest absolute Gasteiger partial charge is 0.307 e. The van der Waals surface area contributed by atoms with E-state index in [4.69, 9.17) is 9.84 Å². The monoisotopic (exact) mass is 201 g/mol. The molecule has 0 aliphatic carbocycles. The summed E-state index contributed by atoms with van der Waals surface area (Å²) < 4.78 is 5.16. The molecule has 4 heteroatoms. The summed E-state index contributed by atoms with van der Waals surface area (Å²) >= 11 is 0. The first-order valence-corrected chi connectivity index (χ1v) is 5.11. The van der Waals surface area contributed by atoms with Gasteiger partial charge in [-0.05, 0) is 26.3 Å². The van der Waals surface area contributed by atoms with E-state index in [1.54, 1.807) is 7.11 Å². The molecule has 0 aromatic rings. The number of carboxylic acids is 1. The topological polar surface area (TPSA) is 49.8 Å². The molecule has 1 aliphatic heterocycles. The fourth-order valence-electron chi connectivity index (χ4n) is 1.86. The third-order valence-electron chi connectivity index (χ3n) is 2.77. The lowest BCUT2D eigenvalue weighted by Gasteiger charge is -2.31. The molecule has 1 N–H and O–H groups in total. The van der Waals surface area contributed by atoms with E-state index in [0.29, 0.717) is 6.54 Å². The van der Waals surface area contributed by atoms with Crippen molar-refractivity contribution in [1.82, 2.24) is 4.90 Å². The number of methoxy groups -OCH3 is 1. The van der Waals surface area contributed by atoms with Crippen molar-refractivity contribution in [3.05, 3.63) is 0 Å². The molecule has 1 saturated heterocycles. The molecule has 14 heavy (non-hydrogen) atoms. The van der Waals surface area contributed by atoms with Gasteiger partial charge in [0.15, 0.2) is 0 Å². The van der Waals surface area contributed by atoms with Crippen molar-refractivity contribution in [3.8, 4) is 0 Å². The lowest BCUT2D eigenvalue weighted by atomic mass is 9.98. The van der Waals surface area contributed by atoms with Gasteiger partial charge < -0.3 is 9.84 Å². The minimum Gasteiger partial charge on any atom is -0.481 e. The zero-order valence-corrected chi connectivity index (χ0v) is 8.90. The van der Waals surface area contributed by atoms with Gasteiger partial charge in [-0.15, -0.1) is 0 Å². The SMILES string of the molecule is COC(C)CN1CCCC(C(=O)O)C1. The summed E-state index contributed by atoms with van der Waals surface area (Å²) in [6.45, 7) is 4.51. The number of ether oxygens (including phenoxy) is 1. The van der Waals surface area contributed by atoms with Crippen LogP contribution in [0.2, 0.25) is 0 Å². The number of hydrogen-bond donors (Lipinski definition) is 1. The van der Waals surface area contributed by atoms with Gasteiger partial charge in [-0.2, -0.15) is 0 Å². The normalized spacial score (nSPS) is 26.0. The second-order valence-electron chi connectivity index (χ2n) is 3.98. The fraction of sp³-hybridized carbons (Fsp3) is 0.900. The molecule has 0 aromatic heterocycles. The molecule has 0 amide bonds. The minimum atomic E-state index is -0.667. The minimum absolute atomic E-state index is 0.183. The Kier molecular flexibility index (Phi) is 4.35. The number of carbonyl (C=O) groups is 1. The van der Waals surface area contributed by atoms with Gasteiger partial charge in [0.05, 0.1) is 12.0 Å². The van der Waals surface area contributed by atoms with Crippen LogP contribution >= 0.6 is 0 Å². The van der Waals surface area contributed by atoms with Crippen molar-refractivity contribution < 1.29 is 14.6 Å². The summed E-state index contributed by atoms with van der Waals surface area (Å²) in [6.07, 6.45) is 1.98. The van der Waals surface area contributed by atoms with Gasteiger partial charge in [0.25, 0.3) is 0 Å². The fourth-order valence-corrected chi connectivity index (χ4v) is 1.86. The van der Waals surface area contributed by atoms with E-state index in [1.807, 2.05) is 6.92 Å². The van der Waals surface area contributed by atoms with Crippen LogP contribution in [0.4, 0.5) is 0 Å². The van der Waals surface area contributed by atoms with Crippen molar-refractivity contribution >= 4 is 5.97 Å². The molecule has 82 valence electrons. The second-order valence-corrected chi connectivity index (χ2v) is 3.98. The lowest BCUT2D eigenvalue weighted by Crippen LogP contribution is -2.42. The van der Waals surface area contributed by atoms with E-state index in [2.05, 4.69) is 4.90 Å². The van der Waals surface area contributed by atoms with Crippen LogP contribution in [0.3, 0.4) is 0 Å². The number of carboxylic acid groups (broad SMARTS) is 1. The molecule has 1 aliphatic rings. The maximum absolute atomic E-state index is 10.8. The van der Waals surface area contributed by atoms with Crippen molar-refractivity contribution in [2.45, 2.75) is 25.9 Å². The predicted octanol–water partition coefficient (Wildman–Crippen LogP) is 0.818. The van der Waals surface area contributed by atoms with Crippen LogP contribution in [0.25, 0.3) is 0 Å². The van der Waals surface area contributed by atoms with Gasteiger partial charge in [-0.3, -0.25) is 9.69 Å². The molecule has 0 aromatic carbocycles. The van der Waals surface area contributed by atoms with Crippen molar-refractivity contribution in [2.75, 3.05) is 26.7 Å². The van der Waals surface area contributed by atoms with Gasteiger partial charge in [-0.25, -0.2) is 0 Å². The Morgan fingerprint density at radius 3 is 3.00 bits per heavy atom. The third kappa shape index (κ3) is 3.27. The first-order chi connectivity index (χ1) is 6.63. The highest BCUT2D eigenvalue weighted by molar-refractivity contribution is 5.70. The maximum Gasteiger partial charge on any atom is 0.307 e. The van der Waals surface area contributed by atoms with Crippen LogP contribution < -0.4 is 0 Å². The summed E-state index contributed by atoms with van der Waals surface area (Å²) in [4.78, 5) is 13.0. The molecule has 0 spiro atoms. The zero-order valence-electron chi connectivity index (χ0n) is 8.90. The highest BCUT2D eigenvalue weighted by Crippen LogP contribution is 2.16. The van der Waals surface area contributed by atoms with E-state index >= 15 is 0 Å². The van der Waals surface area contributed by atoms with Crippen molar-refractivity contribution in [2.24, 2.45) is 5.92 Å². The molecule has 2 unspecified atom stereocenters. The van der Waals surface area contributed by atoms with Crippen molar-refractivity contribution in [3.63, 3.8) is 0 Å². The Hall–Kier alpha value is -0.610. The standard InChI is InChI=1S/C10H19NO3/c1-8(14-2)6-11-5-3-4-9(7-11)10(12)13/h8-9H,3-7H2,1-2H3,(H,12,13). The average molecular weight is 201 g/mol. The van der Waals surface area contributed by atoms with Gasteiger partial charge in [0, 0.05) is 20.2 Å². The summed E-state index contributed by atoms with van der Waals surface area (Å²) in [6, 6.07) is 0. The average Bonchev–Trinajstić information content (AvgIpc) is 2.18. The molecule has 0 bridgehead atoms. The van der Waals surface area contributed by atoms with E-state index < -0.39 is 5.97 Å².